The van der Waals surface area contributed by atoms with Gasteiger partial charge in [-0.15, -0.1) is 0 Å². The fourth-order valence-corrected chi connectivity index (χ4v) is 2.01. The van der Waals surface area contributed by atoms with Crippen molar-refractivity contribution < 1.29 is 4.79 Å². The van der Waals surface area contributed by atoms with Crippen LogP contribution in [-0.4, -0.2) is 12.5 Å². The summed E-state index contributed by atoms with van der Waals surface area (Å²) in [4.78, 5) is 11.6. The van der Waals surface area contributed by atoms with E-state index in [1.807, 2.05) is 13.0 Å². The maximum absolute atomic E-state index is 11.6. The number of hydrogen-bond donors (Lipinski definition) is 1. The van der Waals surface area contributed by atoms with Gasteiger partial charge in [0.25, 0.3) is 5.91 Å². The van der Waals surface area contributed by atoms with E-state index in [1.165, 1.54) is 5.56 Å². The molecule has 0 aromatic heterocycles. The first-order valence-electron chi connectivity index (χ1n) is 5.11. The van der Waals surface area contributed by atoms with E-state index >= 15 is 0 Å². The van der Waals surface area contributed by atoms with Crippen LogP contribution < -0.4 is 5.32 Å². The summed E-state index contributed by atoms with van der Waals surface area (Å²) < 4.78 is 0. The van der Waals surface area contributed by atoms with Crippen LogP contribution in [0, 0.1) is 6.92 Å². The Hall–Kier alpha value is -1.31. The first-order valence-corrected chi connectivity index (χ1v) is 5.11. The monoisotopic (exact) mass is 189 g/mol. The first kappa shape index (κ1) is 9.25. The second-order valence-electron chi connectivity index (χ2n) is 3.91. The summed E-state index contributed by atoms with van der Waals surface area (Å²) in [7, 11) is 0. The lowest BCUT2D eigenvalue weighted by Crippen LogP contribution is -2.34. The van der Waals surface area contributed by atoms with Crippen molar-refractivity contribution in [2.75, 3.05) is 6.54 Å². The molecule has 1 aromatic carbocycles. The Bertz CT molecular complexity index is 371. The maximum Gasteiger partial charge on any atom is 0.251 e. The SMILES string of the molecule is CCC1CNC(=O)c2cc(C)ccc21. The van der Waals surface area contributed by atoms with Crippen LogP contribution in [0.4, 0.5) is 0 Å². The zero-order chi connectivity index (χ0) is 10.1. The summed E-state index contributed by atoms with van der Waals surface area (Å²) >= 11 is 0. The van der Waals surface area contributed by atoms with E-state index in [9.17, 15) is 4.79 Å². The van der Waals surface area contributed by atoms with E-state index in [0.717, 1.165) is 24.1 Å². The van der Waals surface area contributed by atoms with Gasteiger partial charge in [-0.25, -0.2) is 0 Å². The summed E-state index contributed by atoms with van der Waals surface area (Å²) in [6.45, 7) is 4.96. The normalized spacial score (nSPS) is 20.1. The van der Waals surface area contributed by atoms with Gasteiger partial charge in [0.05, 0.1) is 0 Å². The molecule has 1 N–H and O–H groups in total. The Morgan fingerprint density at radius 3 is 3.00 bits per heavy atom. The van der Waals surface area contributed by atoms with Crippen LogP contribution in [0.25, 0.3) is 0 Å². The summed E-state index contributed by atoms with van der Waals surface area (Å²) in [5.41, 5.74) is 3.22. The molecule has 0 fully saturated rings. The van der Waals surface area contributed by atoms with Crippen molar-refractivity contribution in [1.82, 2.24) is 5.32 Å². The predicted molar refractivity (Wildman–Crippen MR) is 56.5 cm³/mol. The van der Waals surface area contributed by atoms with Crippen LogP contribution in [0.3, 0.4) is 0 Å². The molecule has 0 aliphatic carbocycles. The number of rotatable bonds is 1. The van der Waals surface area contributed by atoms with Gasteiger partial charge in [-0.3, -0.25) is 4.79 Å². The number of nitrogens with one attached hydrogen (secondary N) is 1. The molecule has 1 atom stereocenters. The maximum atomic E-state index is 11.6. The molecule has 1 unspecified atom stereocenters. The molecule has 0 radical (unpaired) electrons. The van der Waals surface area contributed by atoms with Crippen molar-refractivity contribution in [3.63, 3.8) is 0 Å². The number of carbonyl (C=O) groups is 1. The molecule has 2 heteroatoms. The standard InChI is InChI=1S/C12H15NO/c1-3-9-7-13-12(14)11-6-8(2)4-5-10(9)11/h4-6,9H,3,7H2,1-2H3,(H,13,14). The second-order valence-corrected chi connectivity index (χ2v) is 3.91. The van der Waals surface area contributed by atoms with Gasteiger partial charge in [0.2, 0.25) is 0 Å². The van der Waals surface area contributed by atoms with Gasteiger partial charge in [-0.05, 0) is 25.0 Å². The fourth-order valence-electron chi connectivity index (χ4n) is 2.01. The molecule has 1 amide bonds. The highest BCUT2D eigenvalue weighted by atomic mass is 16.1. The van der Waals surface area contributed by atoms with E-state index in [2.05, 4.69) is 24.4 Å². The molecule has 0 spiro atoms. The number of fused-ring (bicyclic) bond motifs is 1. The van der Waals surface area contributed by atoms with E-state index < -0.39 is 0 Å². The Kier molecular flexibility index (Phi) is 2.28. The van der Waals surface area contributed by atoms with Gasteiger partial charge in [0.1, 0.15) is 0 Å². The van der Waals surface area contributed by atoms with Crippen LogP contribution in [-0.2, 0) is 0 Å². The fraction of sp³-hybridized carbons (Fsp3) is 0.417. The third-order valence-electron chi connectivity index (χ3n) is 2.90. The van der Waals surface area contributed by atoms with Gasteiger partial charge >= 0.3 is 0 Å². The van der Waals surface area contributed by atoms with E-state index in [0.29, 0.717) is 5.92 Å². The molecule has 0 saturated carbocycles. The van der Waals surface area contributed by atoms with Gasteiger partial charge in [-0.2, -0.15) is 0 Å². The van der Waals surface area contributed by atoms with Crippen LogP contribution in [0.15, 0.2) is 18.2 Å². The van der Waals surface area contributed by atoms with E-state index in [-0.39, 0.29) is 5.91 Å². The molecule has 14 heavy (non-hydrogen) atoms. The number of hydrogen-bond acceptors (Lipinski definition) is 1. The first-order chi connectivity index (χ1) is 6.72. The third kappa shape index (κ3) is 1.41. The van der Waals surface area contributed by atoms with Gasteiger partial charge in [-0.1, -0.05) is 24.6 Å². The predicted octanol–water partition coefficient (Wildman–Crippen LogP) is 2.23. The van der Waals surface area contributed by atoms with Crippen molar-refractivity contribution >= 4 is 5.91 Å². The molecule has 2 rings (SSSR count). The summed E-state index contributed by atoms with van der Waals surface area (Å²) in [6, 6.07) is 6.16. The zero-order valence-corrected chi connectivity index (χ0v) is 8.63. The lowest BCUT2D eigenvalue weighted by Gasteiger charge is -2.24. The van der Waals surface area contributed by atoms with Crippen molar-refractivity contribution in [3.8, 4) is 0 Å². The summed E-state index contributed by atoms with van der Waals surface area (Å²) in [5.74, 6) is 0.566. The summed E-state index contributed by atoms with van der Waals surface area (Å²) in [6.07, 6.45) is 1.08. The molecule has 0 bridgehead atoms. The van der Waals surface area contributed by atoms with Crippen molar-refractivity contribution in [2.45, 2.75) is 26.2 Å². The topological polar surface area (TPSA) is 29.1 Å². The minimum atomic E-state index is 0.0772. The van der Waals surface area contributed by atoms with Crippen LogP contribution in [0.2, 0.25) is 0 Å². The smallest absolute Gasteiger partial charge is 0.251 e. The molecule has 74 valence electrons. The molecule has 2 nitrogen and oxygen atoms in total. The largest absolute Gasteiger partial charge is 0.351 e. The van der Waals surface area contributed by atoms with Crippen molar-refractivity contribution in [2.24, 2.45) is 0 Å². The van der Waals surface area contributed by atoms with Crippen molar-refractivity contribution in [3.05, 3.63) is 34.9 Å². The van der Waals surface area contributed by atoms with Gasteiger partial charge in [0, 0.05) is 18.0 Å². The highest BCUT2D eigenvalue weighted by Crippen LogP contribution is 2.26. The Balaban J connectivity index is 2.51. The molecule has 0 saturated heterocycles. The molecular weight excluding hydrogens is 174 g/mol. The molecule has 1 aliphatic heterocycles. The number of carbonyl (C=O) groups excluding carboxylic acids is 1. The van der Waals surface area contributed by atoms with Gasteiger partial charge in [0.15, 0.2) is 0 Å². The molecule has 1 aliphatic rings. The Labute approximate surface area is 84.3 Å². The van der Waals surface area contributed by atoms with Crippen molar-refractivity contribution in [1.29, 1.82) is 0 Å². The average Bonchev–Trinajstić information content (AvgIpc) is 2.19. The number of aryl methyl sites for hydroxylation is 1. The van der Waals surface area contributed by atoms with Crippen LogP contribution in [0.1, 0.15) is 40.7 Å². The zero-order valence-electron chi connectivity index (χ0n) is 8.63. The molecule has 1 aromatic rings. The number of benzene rings is 1. The highest BCUT2D eigenvalue weighted by Gasteiger charge is 2.23. The molecular formula is C12H15NO. The number of amides is 1. The summed E-state index contributed by atoms with van der Waals surface area (Å²) in [5, 5.41) is 2.93. The Morgan fingerprint density at radius 1 is 1.50 bits per heavy atom. The minimum Gasteiger partial charge on any atom is -0.351 e. The van der Waals surface area contributed by atoms with E-state index in [1.54, 1.807) is 0 Å². The molecule has 1 heterocycles. The average molecular weight is 189 g/mol. The Morgan fingerprint density at radius 2 is 2.29 bits per heavy atom. The third-order valence-corrected chi connectivity index (χ3v) is 2.90. The highest BCUT2D eigenvalue weighted by molar-refractivity contribution is 5.97. The van der Waals surface area contributed by atoms with Gasteiger partial charge < -0.3 is 5.32 Å². The van der Waals surface area contributed by atoms with Crippen LogP contribution >= 0.6 is 0 Å². The lowest BCUT2D eigenvalue weighted by atomic mass is 9.88. The minimum absolute atomic E-state index is 0.0772. The quantitative estimate of drug-likeness (QED) is 0.721. The second kappa shape index (κ2) is 3.45. The van der Waals surface area contributed by atoms with Crippen LogP contribution in [0.5, 0.6) is 0 Å². The lowest BCUT2D eigenvalue weighted by molar-refractivity contribution is 0.0939. The van der Waals surface area contributed by atoms with E-state index in [4.69, 9.17) is 0 Å².